The normalized spacial score (nSPS) is 14.0. The second-order valence-corrected chi connectivity index (χ2v) is 8.64. The summed E-state index contributed by atoms with van der Waals surface area (Å²) < 4.78 is 10.8. The van der Waals surface area contributed by atoms with Gasteiger partial charge in [0.1, 0.15) is 5.75 Å². The molecule has 200 valence electrons. The molecule has 0 aliphatic carbocycles. The number of rotatable bonds is 10. The van der Waals surface area contributed by atoms with Gasteiger partial charge in [-0.25, -0.2) is 4.79 Å². The third-order valence-electron chi connectivity index (χ3n) is 5.84. The van der Waals surface area contributed by atoms with Crippen molar-refractivity contribution in [2.75, 3.05) is 55.5 Å². The summed E-state index contributed by atoms with van der Waals surface area (Å²) in [5, 5.41) is 17.9. The Hall–Kier alpha value is -4.29. The highest BCUT2D eigenvalue weighted by Crippen LogP contribution is 2.25. The molecule has 0 saturated carbocycles. The van der Waals surface area contributed by atoms with Gasteiger partial charge in [0.2, 0.25) is 11.9 Å². The lowest BCUT2D eigenvalue weighted by molar-refractivity contribution is -0.136. The molecule has 1 unspecified atom stereocenters. The summed E-state index contributed by atoms with van der Waals surface area (Å²) in [4.78, 5) is 39.8. The lowest BCUT2D eigenvalue weighted by Crippen LogP contribution is -2.38. The van der Waals surface area contributed by atoms with Gasteiger partial charge in [0.15, 0.2) is 5.82 Å². The fourth-order valence-corrected chi connectivity index (χ4v) is 4.00. The average Bonchev–Trinajstić information content (AvgIpc) is 2.91. The number of hydrogen-bond acceptors (Lipinski definition) is 9. The first-order valence-corrected chi connectivity index (χ1v) is 12.2. The minimum Gasteiger partial charge on any atom is -0.495 e. The number of nitrogens with zero attached hydrogens (tertiary/aromatic N) is 4. The van der Waals surface area contributed by atoms with E-state index in [0.29, 0.717) is 49.5 Å². The summed E-state index contributed by atoms with van der Waals surface area (Å²) in [6.07, 6.45) is -0.0733. The molecule has 1 aliphatic heterocycles. The molecule has 3 aromatic rings. The van der Waals surface area contributed by atoms with Gasteiger partial charge in [-0.3, -0.25) is 10.1 Å². The maximum atomic E-state index is 12.9. The highest BCUT2D eigenvalue weighted by molar-refractivity contribution is 5.99. The average molecular weight is 522 g/mol. The number of amides is 2. The molecule has 1 fully saturated rings. The fourth-order valence-electron chi connectivity index (χ4n) is 4.00. The van der Waals surface area contributed by atoms with E-state index < -0.39 is 18.0 Å². The lowest BCUT2D eigenvalue weighted by atomic mass is 10.0. The molecular formula is C26H31N7O5. The van der Waals surface area contributed by atoms with Crippen LogP contribution in [0.3, 0.4) is 0 Å². The summed E-state index contributed by atoms with van der Waals surface area (Å²) in [6, 6.07) is 13.8. The van der Waals surface area contributed by atoms with E-state index in [4.69, 9.17) is 19.6 Å². The summed E-state index contributed by atoms with van der Waals surface area (Å²) in [6.45, 7) is 4.38. The number of aromatic nitrogens is 3. The number of carbonyl (C=O) groups is 2. The van der Waals surface area contributed by atoms with Crippen LogP contribution in [-0.2, 0) is 9.53 Å². The van der Waals surface area contributed by atoms with Gasteiger partial charge in [0.05, 0.1) is 38.5 Å². The third-order valence-corrected chi connectivity index (χ3v) is 5.84. The van der Waals surface area contributed by atoms with E-state index in [1.54, 1.807) is 24.3 Å². The van der Waals surface area contributed by atoms with E-state index in [9.17, 15) is 9.59 Å². The number of aryl methyl sites for hydroxylation is 1. The number of carbonyl (C=O) groups excluding carboxylic acids is 1. The number of nitrogens with one attached hydrogen (secondary N) is 3. The van der Waals surface area contributed by atoms with Gasteiger partial charge in [-0.05, 0) is 24.6 Å². The van der Waals surface area contributed by atoms with Crippen LogP contribution in [-0.4, -0.2) is 72.0 Å². The Morgan fingerprint density at radius 3 is 2.61 bits per heavy atom. The van der Waals surface area contributed by atoms with Crippen LogP contribution in [0.5, 0.6) is 5.75 Å². The van der Waals surface area contributed by atoms with Gasteiger partial charge in [0.25, 0.3) is 0 Å². The SMILES string of the molecule is COc1ccccc1NC(=O)Nc1nc(C(NCCC(=O)O)c2cccc(C)c2)nc(N2CCOCC2)n1. The monoisotopic (exact) mass is 521 g/mol. The van der Waals surface area contributed by atoms with E-state index in [2.05, 4.69) is 25.9 Å². The number of aliphatic carboxylic acids is 1. The molecule has 12 heteroatoms. The van der Waals surface area contributed by atoms with Crippen LogP contribution >= 0.6 is 0 Å². The van der Waals surface area contributed by atoms with Crippen LogP contribution in [0.15, 0.2) is 48.5 Å². The van der Waals surface area contributed by atoms with Gasteiger partial charge in [-0.1, -0.05) is 42.0 Å². The zero-order chi connectivity index (χ0) is 26.9. The van der Waals surface area contributed by atoms with Gasteiger partial charge in [-0.2, -0.15) is 15.0 Å². The summed E-state index contributed by atoms with van der Waals surface area (Å²) in [5.41, 5.74) is 2.38. The lowest BCUT2D eigenvalue weighted by Gasteiger charge is -2.28. The predicted octanol–water partition coefficient (Wildman–Crippen LogP) is 2.82. The molecule has 0 spiro atoms. The van der Waals surface area contributed by atoms with Crippen molar-refractivity contribution < 1.29 is 24.2 Å². The molecule has 1 atom stereocenters. The highest BCUT2D eigenvalue weighted by atomic mass is 16.5. The molecule has 2 aromatic carbocycles. The number of benzene rings is 2. The number of methoxy groups -OCH3 is 1. The van der Waals surface area contributed by atoms with Crippen LogP contribution in [0.1, 0.15) is 29.4 Å². The Morgan fingerprint density at radius 2 is 1.87 bits per heavy atom. The second-order valence-electron chi connectivity index (χ2n) is 8.64. The third kappa shape index (κ3) is 7.14. The Balaban J connectivity index is 1.67. The Kier molecular flexibility index (Phi) is 9.01. The summed E-state index contributed by atoms with van der Waals surface area (Å²) in [5.74, 6) is 0.394. The smallest absolute Gasteiger partial charge is 0.326 e. The minimum absolute atomic E-state index is 0.0570. The van der Waals surface area contributed by atoms with E-state index in [0.717, 1.165) is 11.1 Å². The van der Waals surface area contributed by atoms with E-state index in [-0.39, 0.29) is 18.9 Å². The molecule has 1 aliphatic rings. The largest absolute Gasteiger partial charge is 0.495 e. The zero-order valence-corrected chi connectivity index (χ0v) is 21.3. The van der Waals surface area contributed by atoms with Crippen molar-refractivity contribution in [2.45, 2.75) is 19.4 Å². The van der Waals surface area contributed by atoms with Gasteiger partial charge in [0, 0.05) is 19.6 Å². The Morgan fingerprint density at radius 1 is 1.08 bits per heavy atom. The number of carboxylic acid groups (broad SMARTS) is 1. The molecule has 38 heavy (non-hydrogen) atoms. The predicted molar refractivity (Wildman–Crippen MR) is 142 cm³/mol. The van der Waals surface area contributed by atoms with Crippen LogP contribution in [0.4, 0.5) is 22.4 Å². The summed E-state index contributed by atoms with van der Waals surface area (Å²) in [7, 11) is 1.52. The highest BCUT2D eigenvalue weighted by Gasteiger charge is 2.23. The first kappa shape index (κ1) is 26.8. The molecule has 4 N–H and O–H groups in total. The first-order valence-electron chi connectivity index (χ1n) is 12.2. The molecule has 4 rings (SSSR count). The second kappa shape index (κ2) is 12.8. The van der Waals surface area contributed by atoms with Crippen molar-refractivity contribution in [3.8, 4) is 5.75 Å². The Labute approximate surface area is 220 Å². The van der Waals surface area contributed by atoms with Crippen LogP contribution in [0.25, 0.3) is 0 Å². The van der Waals surface area contributed by atoms with Crippen molar-refractivity contribution in [1.29, 1.82) is 0 Å². The zero-order valence-electron chi connectivity index (χ0n) is 21.3. The number of urea groups is 1. The van der Waals surface area contributed by atoms with E-state index in [1.807, 2.05) is 36.1 Å². The van der Waals surface area contributed by atoms with Crippen molar-refractivity contribution in [1.82, 2.24) is 20.3 Å². The molecule has 12 nitrogen and oxygen atoms in total. The Bertz CT molecular complexity index is 1270. The van der Waals surface area contributed by atoms with Crippen molar-refractivity contribution in [2.24, 2.45) is 0 Å². The van der Waals surface area contributed by atoms with Crippen LogP contribution in [0, 0.1) is 6.92 Å². The summed E-state index contributed by atoms with van der Waals surface area (Å²) >= 11 is 0. The van der Waals surface area contributed by atoms with E-state index in [1.165, 1.54) is 7.11 Å². The quantitative estimate of drug-likeness (QED) is 0.313. The molecule has 0 bridgehead atoms. The molecule has 2 heterocycles. The topological polar surface area (TPSA) is 151 Å². The standard InChI is InChI=1S/C26H31N7O5/c1-17-6-5-7-18(16-17)22(27-11-10-21(34)35)23-29-24(31-25(30-23)33-12-14-38-15-13-33)32-26(36)28-19-8-3-4-9-20(19)37-2/h3-9,16,22,27H,10-15H2,1-2H3,(H,34,35)(H2,28,29,30,31,32,36). The number of hydrogen-bond donors (Lipinski definition) is 4. The molecule has 1 aromatic heterocycles. The number of morpholine rings is 1. The minimum atomic E-state index is -0.916. The number of carboxylic acids is 1. The van der Waals surface area contributed by atoms with Crippen LogP contribution in [0.2, 0.25) is 0 Å². The number of para-hydroxylation sites is 2. The van der Waals surface area contributed by atoms with Gasteiger partial charge in [-0.15, -0.1) is 0 Å². The van der Waals surface area contributed by atoms with Crippen molar-refractivity contribution in [3.63, 3.8) is 0 Å². The van der Waals surface area contributed by atoms with Crippen molar-refractivity contribution >= 4 is 29.6 Å². The molecule has 0 radical (unpaired) electrons. The fraction of sp³-hybridized carbons (Fsp3) is 0.346. The maximum Gasteiger partial charge on any atom is 0.326 e. The van der Waals surface area contributed by atoms with Crippen LogP contribution < -0.4 is 25.6 Å². The maximum absolute atomic E-state index is 12.9. The molecule has 2 amide bonds. The van der Waals surface area contributed by atoms with Gasteiger partial charge >= 0.3 is 12.0 Å². The molecular weight excluding hydrogens is 490 g/mol. The first-order chi connectivity index (χ1) is 18.4. The van der Waals surface area contributed by atoms with Crippen molar-refractivity contribution in [3.05, 3.63) is 65.5 Å². The van der Waals surface area contributed by atoms with Gasteiger partial charge < -0.3 is 30.1 Å². The number of ether oxygens (including phenoxy) is 2. The molecule has 1 saturated heterocycles. The number of anilines is 3. The van der Waals surface area contributed by atoms with E-state index >= 15 is 0 Å².